The largest absolute Gasteiger partial charge is 0.258 e. The van der Waals surface area contributed by atoms with E-state index >= 15 is 0 Å². The Bertz CT molecular complexity index is 1050. The Morgan fingerprint density at radius 2 is 1.84 bits per heavy atom. The number of rotatable bonds is 4. The van der Waals surface area contributed by atoms with Crippen LogP contribution >= 0.6 is 39.3 Å². The van der Waals surface area contributed by atoms with Crippen molar-refractivity contribution in [3.8, 4) is 11.4 Å². The molecule has 124 valence electrons. The van der Waals surface area contributed by atoms with E-state index in [1.54, 1.807) is 0 Å². The number of hydrogen-bond donors (Lipinski definition) is 1. The SMILES string of the molecule is Clc1nc2ccccc2cc1CSc1n[nH]c(-c2ccccc2Br)n1. The molecule has 4 aromatic rings. The highest BCUT2D eigenvalue weighted by molar-refractivity contribution is 9.10. The first-order chi connectivity index (χ1) is 12.2. The van der Waals surface area contributed by atoms with Gasteiger partial charge in [-0.3, -0.25) is 5.10 Å². The first-order valence-electron chi connectivity index (χ1n) is 7.55. The van der Waals surface area contributed by atoms with Gasteiger partial charge in [-0.2, -0.15) is 0 Å². The molecule has 4 rings (SSSR count). The Kier molecular flexibility index (Phi) is 4.74. The Labute approximate surface area is 162 Å². The smallest absolute Gasteiger partial charge is 0.209 e. The van der Waals surface area contributed by atoms with Gasteiger partial charge in [0.15, 0.2) is 5.82 Å². The van der Waals surface area contributed by atoms with Gasteiger partial charge < -0.3 is 0 Å². The molecule has 0 aliphatic carbocycles. The van der Waals surface area contributed by atoms with Crippen molar-refractivity contribution in [2.75, 3.05) is 0 Å². The molecule has 0 saturated heterocycles. The molecule has 7 heteroatoms. The van der Waals surface area contributed by atoms with Gasteiger partial charge in [-0.05, 0) is 18.2 Å². The molecule has 0 amide bonds. The number of nitrogens with one attached hydrogen (secondary N) is 1. The van der Waals surface area contributed by atoms with E-state index in [0.29, 0.717) is 16.1 Å². The average Bonchev–Trinajstić information content (AvgIpc) is 3.09. The van der Waals surface area contributed by atoms with Gasteiger partial charge in [-0.15, -0.1) is 5.10 Å². The summed E-state index contributed by atoms with van der Waals surface area (Å²) in [6.45, 7) is 0. The molecule has 25 heavy (non-hydrogen) atoms. The number of H-pyrrole nitrogens is 1. The van der Waals surface area contributed by atoms with E-state index in [1.165, 1.54) is 11.8 Å². The van der Waals surface area contributed by atoms with Crippen molar-refractivity contribution < 1.29 is 0 Å². The van der Waals surface area contributed by atoms with Crippen molar-refractivity contribution in [2.45, 2.75) is 10.9 Å². The number of para-hydroxylation sites is 1. The molecule has 0 spiro atoms. The lowest BCUT2D eigenvalue weighted by molar-refractivity contribution is 0.973. The third-order valence-electron chi connectivity index (χ3n) is 3.70. The van der Waals surface area contributed by atoms with Crippen LogP contribution in [0, 0.1) is 0 Å². The summed E-state index contributed by atoms with van der Waals surface area (Å²) in [5, 5.41) is 9.54. The van der Waals surface area contributed by atoms with Gasteiger partial charge in [0.1, 0.15) is 5.15 Å². The highest BCUT2D eigenvalue weighted by Crippen LogP contribution is 2.29. The van der Waals surface area contributed by atoms with Gasteiger partial charge in [-0.1, -0.05) is 75.7 Å². The molecule has 0 fully saturated rings. The van der Waals surface area contributed by atoms with Crippen molar-refractivity contribution in [3.63, 3.8) is 0 Å². The molecule has 2 aromatic carbocycles. The van der Waals surface area contributed by atoms with Gasteiger partial charge in [0, 0.05) is 26.7 Å². The third-order valence-corrected chi connectivity index (χ3v) is 5.62. The lowest BCUT2D eigenvalue weighted by atomic mass is 10.2. The van der Waals surface area contributed by atoms with Crippen molar-refractivity contribution in [1.82, 2.24) is 20.2 Å². The molecular weight excluding hydrogens is 420 g/mol. The maximum absolute atomic E-state index is 6.31. The molecule has 0 atom stereocenters. The summed E-state index contributed by atoms with van der Waals surface area (Å²) < 4.78 is 0.976. The molecule has 0 bridgehead atoms. The Hall–Kier alpha value is -1.89. The van der Waals surface area contributed by atoms with Crippen molar-refractivity contribution in [3.05, 3.63) is 69.8 Å². The van der Waals surface area contributed by atoms with Gasteiger partial charge in [0.05, 0.1) is 5.52 Å². The standard InChI is InChI=1S/C18H12BrClN4S/c19-14-7-3-2-6-13(14)17-22-18(24-23-17)25-10-12-9-11-5-1-4-8-15(11)21-16(12)20/h1-9H,10H2,(H,22,23,24). The van der Waals surface area contributed by atoms with Crippen LogP contribution in [0.3, 0.4) is 0 Å². The number of aromatic nitrogens is 4. The van der Waals surface area contributed by atoms with E-state index in [4.69, 9.17) is 11.6 Å². The fourth-order valence-corrected chi connectivity index (χ4v) is 4.00. The predicted octanol–water partition coefficient (Wildman–Crippen LogP) is 5.73. The zero-order valence-corrected chi connectivity index (χ0v) is 16.1. The van der Waals surface area contributed by atoms with Crippen LogP contribution in [0.15, 0.2) is 64.2 Å². The van der Waals surface area contributed by atoms with Crippen LogP contribution in [0.5, 0.6) is 0 Å². The molecule has 0 unspecified atom stereocenters. The fraction of sp³-hybridized carbons (Fsp3) is 0.0556. The van der Waals surface area contributed by atoms with Crippen LogP contribution in [0.1, 0.15) is 5.56 Å². The molecule has 0 aliphatic heterocycles. The highest BCUT2D eigenvalue weighted by atomic mass is 79.9. The second-order valence-electron chi connectivity index (χ2n) is 5.37. The normalized spacial score (nSPS) is 11.1. The maximum atomic E-state index is 6.31. The summed E-state index contributed by atoms with van der Waals surface area (Å²) in [4.78, 5) is 9.00. The van der Waals surface area contributed by atoms with Gasteiger partial charge in [0.2, 0.25) is 5.16 Å². The number of pyridine rings is 1. The number of hydrogen-bond acceptors (Lipinski definition) is 4. The number of benzene rings is 2. The molecule has 4 nitrogen and oxygen atoms in total. The van der Waals surface area contributed by atoms with E-state index in [2.05, 4.69) is 42.2 Å². The minimum absolute atomic E-state index is 0.521. The molecule has 2 heterocycles. The summed E-state index contributed by atoms with van der Waals surface area (Å²) in [5.41, 5.74) is 2.85. The Balaban J connectivity index is 1.54. The predicted molar refractivity (Wildman–Crippen MR) is 106 cm³/mol. The average molecular weight is 432 g/mol. The topological polar surface area (TPSA) is 54.5 Å². The van der Waals surface area contributed by atoms with E-state index in [1.807, 2.05) is 48.5 Å². The zero-order chi connectivity index (χ0) is 17.2. The quantitative estimate of drug-likeness (QED) is 0.331. The molecule has 1 N–H and O–H groups in total. The lowest BCUT2D eigenvalue weighted by Gasteiger charge is -2.04. The van der Waals surface area contributed by atoms with Gasteiger partial charge >= 0.3 is 0 Å². The number of fused-ring (bicyclic) bond motifs is 1. The molecule has 2 aromatic heterocycles. The first kappa shape index (κ1) is 16.6. The van der Waals surface area contributed by atoms with Crippen LogP contribution in [0.25, 0.3) is 22.3 Å². The van der Waals surface area contributed by atoms with E-state index in [9.17, 15) is 0 Å². The Morgan fingerprint density at radius 1 is 1.04 bits per heavy atom. The minimum atomic E-state index is 0.521. The number of halogens is 2. The van der Waals surface area contributed by atoms with Gasteiger partial charge in [-0.25, -0.2) is 9.97 Å². The van der Waals surface area contributed by atoms with Crippen LogP contribution < -0.4 is 0 Å². The van der Waals surface area contributed by atoms with Gasteiger partial charge in [0.25, 0.3) is 0 Å². The molecule has 0 radical (unpaired) electrons. The van der Waals surface area contributed by atoms with E-state index in [0.717, 1.165) is 32.3 Å². The number of thioether (sulfide) groups is 1. The van der Waals surface area contributed by atoms with Crippen LogP contribution in [0.2, 0.25) is 5.15 Å². The van der Waals surface area contributed by atoms with E-state index in [-0.39, 0.29) is 0 Å². The zero-order valence-electron chi connectivity index (χ0n) is 12.9. The summed E-state index contributed by atoms with van der Waals surface area (Å²) in [7, 11) is 0. The Morgan fingerprint density at radius 3 is 2.72 bits per heavy atom. The van der Waals surface area contributed by atoms with Crippen molar-refractivity contribution >= 4 is 50.2 Å². The second kappa shape index (κ2) is 7.15. The minimum Gasteiger partial charge on any atom is -0.258 e. The summed E-state index contributed by atoms with van der Waals surface area (Å²) in [6, 6.07) is 17.9. The molecule has 0 saturated carbocycles. The summed E-state index contributed by atoms with van der Waals surface area (Å²) in [6.07, 6.45) is 0. The molecule has 0 aliphatic rings. The fourth-order valence-electron chi connectivity index (χ4n) is 2.46. The number of nitrogens with zero attached hydrogens (tertiary/aromatic N) is 3. The van der Waals surface area contributed by atoms with Crippen LogP contribution in [0.4, 0.5) is 0 Å². The monoisotopic (exact) mass is 430 g/mol. The summed E-state index contributed by atoms with van der Waals surface area (Å²) >= 11 is 11.4. The maximum Gasteiger partial charge on any atom is 0.209 e. The lowest BCUT2D eigenvalue weighted by Crippen LogP contribution is -1.89. The van der Waals surface area contributed by atoms with Crippen LogP contribution in [-0.2, 0) is 5.75 Å². The van der Waals surface area contributed by atoms with Crippen molar-refractivity contribution in [2.24, 2.45) is 0 Å². The molecular formula is C18H12BrClN4S. The highest BCUT2D eigenvalue weighted by Gasteiger charge is 2.11. The van der Waals surface area contributed by atoms with Crippen LogP contribution in [-0.4, -0.2) is 20.2 Å². The number of aromatic amines is 1. The van der Waals surface area contributed by atoms with Crippen molar-refractivity contribution in [1.29, 1.82) is 0 Å². The first-order valence-corrected chi connectivity index (χ1v) is 9.70. The third kappa shape index (κ3) is 3.56. The second-order valence-corrected chi connectivity index (χ2v) is 7.52. The van der Waals surface area contributed by atoms with E-state index < -0.39 is 0 Å². The summed E-state index contributed by atoms with van der Waals surface area (Å²) in [5.74, 6) is 1.39.